The zero-order valence-electron chi connectivity index (χ0n) is 12.2. The SMILES string of the molecule is Cc1nn(C)c(C)c1C(=O)N1CCCC(O)(C(F)(F)F)C1. The van der Waals surface area contributed by atoms with Gasteiger partial charge in [-0.2, -0.15) is 18.3 Å². The third-order valence-electron chi connectivity index (χ3n) is 4.01. The molecule has 1 fully saturated rings. The number of aromatic nitrogens is 2. The highest BCUT2D eigenvalue weighted by Crippen LogP contribution is 2.37. The molecule has 1 atom stereocenters. The van der Waals surface area contributed by atoms with E-state index in [-0.39, 0.29) is 19.4 Å². The molecule has 0 bridgehead atoms. The number of hydrogen-bond acceptors (Lipinski definition) is 3. The summed E-state index contributed by atoms with van der Waals surface area (Å²) in [6, 6.07) is 0. The second-order valence-corrected chi connectivity index (χ2v) is 5.53. The Morgan fingerprint density at radius 3 is 2.48 bits per heavy atom. The van der Waals surface area contributed by atoms with E-state index in [1.165, 1.54) is 4.68 Å². The molecule has 1 aromatic heterocycles. The Balaban J connectivity index is 2.28. The van der Waals surface area contributed by atoms with Crippen molar-refractivity contribution in [3.05, 3.63) is 17.0 Å². The number of halogens is 3. The second kappa shape index (κ2) is 5.01. The molecule has 5 nitrogen and oxygen atoms in total. The van der Waals surface area contributed by atoms with Crippen LogP contribution in [0.5, 0.6) is 0 Å². The van der Waals surface area contributed by atoms with Gasteiger partial charge in [-0.25, -0.2) is 0 Å². The maximum atomic E-state index is 12.9. The lowest BCUT2D eigenvalue weighted by atomic mass is 9.91. The van der Waals surface area contributed by atoms with Crippen LogP contribution in [0.3, 0.4) is 0 Å². The maximum absolute atomic E-state index is 12.9. The first-order valence-corrected chi connectivity index (χ1v) is 6.65. The zero-order valence-corrected chi connectivity index (χ0v) is 12.2. The number of aliphatic hydroxyl groups is 1. The molecule has 1 saturated heterocycles. The summed E-state index contributed by atoms with van der Waals surface area (Å²) in [5.41, 5.74) is -1.45. The van der Waals surface area contributed by atoms with Crippen molar-refractivity contribution >= 4 is 5.91 Å². The first kappa shape index (κ1) is 15.8. The number of likely N-dealkylation sites (tertiary alicyclic amines) is 1. The fourth-order valence-electron chi connectivity index (χ4n) is 2.68. The summed E-state index contributed by atoms with van der Waals surface area (Å²) in [6.07, 6.45) is -5.02. The molecule has 1 N–H and O–H groups in total. The molecule has 1 aliphatic rings. The van der Waals surface area contributed by atoms with Gasteiger partial charge < -0.3 is 10.0 Å². The molecule has 0 aromatic carbocycles. The van der Waals surface area contributed by atoms with Gasteiger partial charge in [-0.05, 0) is 26.7 Å². The van der Waals surface area contributed by atoms with E-state index in [0.717, 1.165) is 4.90 Å². The number of alkyl halides is 3. The molecular weight excluding hydrogens is 287 g/mol. The minimum atomic E-state index is -4.75. The van der Waals surface area contributed by atoms with Crippen molar-refractivity contribution in [2.24, 2.45) is 7.05 Å². The van der Waals surface area contributed by atoms with Crippen molar-refractivity contribution in [2.45, 2.75) is 38.5 Å². The Kier molecular flexibility index (Phi) is 3.77. The van der Waals surface area contributed by atoms with Gasteiger partial charge in [0, 0.05) is 19.3 Å². The van der Waals surface area contributed by atoms with Crippen molar-refractivity contribution in [2.75, 3.05) is 13.1 Å². The van der Waals surface area contributed by atoms with Crippen LogP contribution < -0.4 is 0 Å². The highest BCUT2D eigenvalue weighted by atomic mass is 19.4. The van der Waals surface area contributed by atoms with Crippen molar-refractivity contribution in [1.29, 1.82) is 0 Å². The smallest absolute Gasteiger partial charge is 0.379 e. The van der Waals surface area contributed by atoms with Crippen LogP contribution in [0.1, 0.15) is 34.6 Å². The largest absolute Gasteiger partial charge is 0.418 e. The van der Waals surface area contributed by atoms with Gasteiger partial charge in [-0.1, -0.05) is 0 Å². The van der Waals surface area contributed by atoms with E-state index in [1.807, 2.05) is 0 Å². The van der Waals surface area contributed by atoms with Gasteiger partial charge in [0.05, 0.1) is 17.8 Å². The minimum absolute atomic E-state index is 0.111. The predicted octanol–water partition coefficient (Wildman–Crippen LogP) is 1.57. The van der Waals surface area contributed by atoms with Gasteiger partial charge in [0.1, 0.15) is 0 Å². The highest BCUT2D eigenvalue weighted by Gasteiger charge is 2.56. The average molecular weight is 305 g/mol. The molecule has 8 heteroatoms. The van der Waals surface area contributed by atoms with E-state index in [1.54, 1.807) is 20.9 Å². The topological polar surface area (TPSA) is 58.4 Å². The normalized spacial score (nSPS) is 23.5. The fourth-order valence-corrected chi connectivity index (χ4v) is 2.68. The number of carbonyl (C=O) groups excluding carboxylic acids is 1. The summed E-state index contributed by atoms with van der Waals surface area (Å²) in [6.45, 7) is 2.79. The Labute approximate surface area is 120 Å². The molecule has 0 radical (unpaired) electrons. The Morgan fingerprint density at radius 1 is 1.38 bits per heavy atom. The summed E-state index contributed by atoms with van der Waals surface area (Å²) in [4.78, 5) is 13.5. The summed E-state index contributed by atoms with van der Waals surface area (Å²) in [5, 5.41) is 13.9. The molecule has 0 saturated carbocycles. The van der Waals surface area contributed by atoms with E-state index in [2.05, 4.69) is 5.10 Å². The number of piperidine rings is 1. The fraction of sp³-hybridized carbons (Fsp3) is 0.692. The summed E-state index contributed by atoms with van der Waals surface area (Å²) >= 11 is 0. The van der Waals surface area contributed by atoms with E-state index in [4.69, 9.17) is 0 Å². The lowest BCUT2D eigenvalue weighted by Crippen LogP contribution is -2.58. The molecule has 2 heterocycles. The van der Waals surface area contributed by atoms with Gasteiger partial charge in [0.25, 0.3) is 5.91 Å². The first-order chi connectivity index (χ1) is 9.57. The molecule has 0 spiro atoms. The first-order valence-electron chi connectivity index (χ1n) is 6.65. The molecule has 21 heavy (non-hydrogen) atoms. The third-order valence-corrected chi connectivity index (χ3v) is 4.01. The Hall–Kier alpha value is -1.57. The summed E-state index contributed by atoms with van der Waals surface area (Å²) < 4.78 is 40.3. The van der Waals surface area contributed by atoms with Crippen LogP contribution in [0.25, 0.3) is 0 Å². The van der Waals surface area contributed by atoms with Gasteiger partial charge in [-0.3, -0.25) is 9.48 Å². The molecule has 1 unspecified atom stereocenters. The number of amides is 1. The van der Waals surface area contributed by atoms with Crippen molar-refractivity contribution in [3.63, 3.8) is 0 Å². The number of hydrogen-bond donors (Lipinski definition) is 1. The summed E-state index contributed by atoms with van der Waals surface area (Å²) in [7, 11) is 1.67. The highest BCUT2D eigenvalue weighted by molar-refractivity contribution is 5.96. The van der Waals surface area contributed by atoms with E-state index in [9.17, 15) is 23.1 Å². The van der Waals surface area contributed by atoms with Crippen LogP contribution in [0.4, 0.5) is 13.2 Å². The molecule has 0 aliphatic carbocycles. The van der Waals surface area contributed by atoms with Crippen LogP contribution in [0.2, 0.25) is 0 Å². The third kappa shape index (κ3) is 2.64. The quantitative estimate of drug-likeness (QED) is 0.857. The van der Waals surface area contributed by atoms with Gasteiger partial charge >= 0.3 is 6.18 Å². The number of nitrogens with zero attached hydrogens (tertiary/aromatic N) is 3. The van der Waals surface area contributed by atoms with Gasteiger partial charge in [-0.15, -0.1) is 0 Å². The number of rotatable bonds is 1. The number of carbonyl (C=O) groups is 1. The zero-order chi connectivity index (χ0) is 16.0. The van der Waals surface area contributed by atoms with Crippen molar-refractivity contribution in [3.8, 4) is 0 Å². The maximum Gasteiger partial charge on any atom is 0.418 e. The Morgan fingerprint density at radius 2 is 2.00 bits per heavy atom. The van der Waals surface area contributed by atoms with Crippen LogP contribution in [0, 0.1) is 13.8 Å². The molecule has 1 amide bonds. The molecule has 118 valence electrons. The van der Waals surface area contributed by atoms with E-state index < -0.39 is 24.2 Å². The van der Waals surface area contributed by atoms with Gasteiger partial charge in [0.2, 0.25) is 0 Å². The molecule has 2 rings (SSSR count). The molecule has 1 aliphatic heterocycles. The van der Waals surface area contributed by atoms with Crippen LogP contribution in [-0.2, 0) is 7.05 Å². The predicted molar refractivity (Wildman–Crippen MR) is 68.8 cm³/mol. The standard InChI is InChI=1S/C13H18F3N3O2/c1-8-10(9(2)18(3)17-8)11(20)19-6-4-5-12(21,7-19)13(14,15)16/h21H,4-7H2,1-3H3. The van der Waals surface area contributed by atoms with Gasteiger partial charge in [0.15, 0.2) is 5.60 Å². The van der Waals surface area contributed by atoms with Crippen LogP contribution >= 0.6 is 0 Å². The van der Waals surface area contributed by atoms with Crippen molar-refractivity contribution in [1.82, 2.24) is 14.7 Å². The monoisotopic (exact) mass is 305 g/mol. The number of β-amino-alcohol motifs (C(OH)–C–C–N with tert-alkyl or cyclic N) is 1. The number of aryl methyl sites for hydroxylation is 2. The Bertz CT molecular complexity index is 568. The lowest BCUT2D eigenvalue weighted by molar-refractivity contribution is -0.271. The molecular formula is C13H18F3N3O2. The van der Waals surface area contributed by atoms with Crippen LogP contribution in [-0.4, -0.2) is 50.6 Å². The molecule has 1 aromatic rings. The van der Waals surface area contributed by atoms with E-state index in [0.29, 0.717) is 17.0 Å². The summed E-state index contributed by atoms with van der Waals surface area (Å²) in [5.74, 6) is -0.513. The average Bonchev–Trinajstić information content (AvgIpc) is 2.61. The second-order valence-electron chi connectivity index (χ2n) is 5.53. The van der Waals surface area contributed by atoms with E-state index >= 15 is 0 Å². The lowest BCUT2D eigenvalue weighted by Gasteiger charge is -2.40. The van der Waals surface area contributed by atoms with Crippen molar-refractivity contribution < 1.29 is 23.1 Å². The minimum Gasteiger partial charge on any atom is -0.379 e. The van der Waals surface area contributed by atoms with Crippen LogP contribution in [0.15, 0.2) is 0 Å².